The molecule has 0 amide bonds. The van der Waals surface area contributed by atoms with E-state index in [1.54, 1.807) is 0 Å². The molecule has 0 atom stereocenters. The Hall–Kier alpha value is -0.770. The molecule has 1 fully saturated rings. The summed E-state index contributed by atoms with van der Waals surface area (Å²) in [6.07, 6.45) is 3.62. The van der Waals surface area contributed by atoms with E-state index < -0.39 is 0 Å². The molecule has 0 bridgehead atoms. The van der Waals surface area contributed by atoms with Crippen LogP contribution in [0, 0.1) is 13.8 Å². The van der Waals surface area contributed by atoms with Crippen LogP contribution in [0.3, 0.4) is 0 Å². The molecule has 22 heavy (non-hydrogen) atoms. The topological polar surface area (TPSA) is 15.7 Å². The predicted molar refractivity (Wildman–Crippen MR) is 94.2 cm³/mol. The quantitative estimate of drug-likeness (QED) is 0.710. The number of rotatable bonds is 7. The van der Waals surface area contributed by atoms with Crippen molar-refractivity contribution < 1.29 is 4.74 Å². The number of nitrogens with zero attached hydrogens (tertiary/aromatic N) is 2. The largest absolute Gasteiger partial charge is 0.493 e. The zero-order valence-electron chi connectivity index (χ0n) is 14.2. The van der Waals surface area contributed by atoms with Crippen LogP contribution in [0.2, 0.25) is 5.02 Å². The van der Waals surface area contributed by atoms with Crippen molar-refractivity contribution in [2.75, 3.05) is 46.4 Å². The lowest BCUT2D eigenvalue weighted by molar-refractivity contribution is 0.151. The van der Waals surface area contributed by atoms with Crippen LogP contribution in [-0.2, 0) is 0 Å². The van der Waals surface area contributed by atoms with E-state index >= 15 is 0 Å². The molecule has 1 aliphatic rings. The summed E-state index contributed by atoms with van der Waals surface area (Å²) >= 11 is 6.11. The van der Waals surface area contributed by atoms with E-state index in [0.29, 0.717) is 0 Å². The first-order chi connectivity index (χ1) is 10.6. The number of ether oxygens (including phenoxy) is 1. The Morgan fingerprint density at radius 2 is 1.73 bits per heavy atom. The number of hydrogen-bond acceptors (Lipinski definition) is 3. The Morgan fingerprint density at radius 1 is 1.00 bits per heavy atom. The highest BCUT2D eigenvalue weighted by atomic mass is 35.5. The SMILES string of the molecule is Cc1c(Cl)ccc(OCCCCCN2CCN(C)CC2)c1C. The van der Waals surface area contributed by atoms with E-state index in [1.807, 2.05) is 19.1 Å². The Labute approximate surface area is 140 Å². The highest BCUT2D eigenvalue weighted by Gasteiger charge is 2.12. The number of benzene rings is 1. The van der Waals surface area contributed by atoms with Crippen LogP contribution in [0.4, 0.5) is 0 Å². The summed E-state index contributed by atoms with van der Waals surface area (Å²) < 4.78 is 5.90. The zero-order chi connectivity index (χ0) is 15.9. The highest BCUT2D eigenvalue weighted by molar-refractivity contribution is 6.31. The number of likely N-dealkylation sites (N-methyl/N-ethyl adjacent to an activating group) is 1. The zero-order valence-corrected chi connectivity index (χ0v) is 15.0. The third-order valence-electron chi connectivity index (χ3n) is 4.64. The minimum Gasteiger partial charge on any atom is -0.493 e. The van der Waals surface area contributed by atoms with Gasteiger partial charge in [0.05, 0.1) is 6.61 Å². The molecule has 0 aliphatic carbocycles. The molecule has 0 saturated carbocycles. The van der Waals surface area contributed by atoms with E-state index in [-0.39, 0.29) is 0 Å². The standard InChI is InChI=1S/C18H29ClN2O/c1-15-16(2)18(8-7-17(15)19)22-14-6-4-5-9-21-12-10-20(3)11-13-21/h7-8H,4-6,9-14H2,1-3H3. The van der Waals surface area contributed by atoms with Crippen molar-refractivity contribution in [1.29, 1.82) is 0 Å². The van der Waals surface area contributed by atoms with Crippen LogP contribution in [0.15, 0.2) is 12.1 Å². The molecular formula is C18H29ClN2O. The number of hydrogen-bond donors (Lipinski definition) is 0. The van der Waals surface area contributed by atoms with Crippen molar-refractivity contribution in [3.8, 4) is 5.75 Å². The minimum atomic E-state index is 0.796. The molecule has 0 radical (unpaired) electrons. The van der Waals surface area contributed by atoms with Crippen molar-refractivity contribution in [1.82, 2.24) is 9.80 Å². The third-order valence-corrected chi connectivity index (χ3v) is 5.05. The second kappa shape index (κ2) is 8.76. The van der Waals surface area contributed by atoms with Crippen molar-refractivity contribution in [2.24, 2.45) is 0 Å². The fourth-order valence-electron chi connectivity index (χ4n) is 2.79. The first-order valence-electron chi connectivity index (χ1n) is 8.37. The van der Waals surface area contributed by atoms with E-state index in [4.69, 9.17) is 16.3 Å². The van der Waals surface area contributed by atoms with Gasteiger partial charge in [-0.3, -0.25) is 0 Å². The van der Waals surface area contributed by atoms with Gasteiger partial charge in [0.25, 0.3) is 0 Å². The van der Waals surface area contributed by atoms with Gasteiger partial charge < -0.3 is 14.5 Å². The van der Waals surface area contributed by atoms with E-state index in [1.165, 1.54) is 45.6 Å². The molecule has 1 aliphatic heterocycles. The smallest absolute Gasteiger partial charge is 0.122 e. The summed E-state index contributed by atoms with van der Waals surface area (Å²) in [6, 6.07) is 3.90. The van der Waals surface area contributed by atoms with Gasteiger partial charge in [0.1, 0.15) is 5.75 Å². The summed E-state index contributed by atoms with van der Waals surface area (Å²) in [7, 11) is 2.20. The summed E-state index contributed by atoms with van der Waals surface area (Å²) in [4.78, 5) is 4.98. The van der Waals surface area contributed by atoms with Gasteiger partial charge in [-0.05, 0) is 70.0 Å². The lowest BCUT2D eigenvalue weighted by Crippen LogP contribution is -2.44. The molecule has 1 saturated heterocycles. The van der Waals surface area contributed by atoms with Gasteiger partial charge in [-0.2, -0.15) is 0 Å². The minimum absolute atomic E-state index is 0.796. The maximum absolute atomic E-state index is 6.11. The van der Waals surface area contributed by atoms with Crippen LogP contribution >= 0.6 is 11.6 Å². The van der Waals surface area contributed by atoms with Crippen LogP contribution in [0.25, 0.3) is 0 Å². The maximum atomic E-state index is 6.11. The summed E-state index contributed by atoms with van der Waals surface area (Å²) in [5.74, 6) is 0.973. The van der Waals surface area contributed by atoms with E-state index in [9.17, 15) is 0 Å². The lowest BCUT2D eigenvalue weighted by atomic mass is 10.1. The normalized spacial score (nSPS) is 16.9. The van der Waals surface area contributed by atoms with Crippen LogP contribution in [-0.4, -0.2) is 56.2 Å². The Morgan fingerprint density at radius 3 is 2.45 bits per heavy atom. The molecule has 1 aromatic rings. The van der Waals surface area contributed by atoms with Gasteiger partial charge >= 0.3 is 0 Å². The van der Waals surface area contributed by atoms with Crippen LogP contribution in [0.1, 0.15) is 30.4 Å². The fourth-order valence-corrected chi connectivity index (χ4v) is 2.99. The van der Waals surface area contributed by atoms with Crippen molar-refractivity contribution >= 4 is 11.6 Å². The fraction of sp³-hybridized carbons (Fsp3) is 0.667. The van der Waals surface area contributed by atoms with Gasteiger partial charge in [0.15, 0.2) is 0 Å². The number of unbranched alkanes of at least 4 members (excludes halogenated alkanes) is 2. The highest BCUT2D eigenvalue weighted by Crippen LogP contribution is 2.27. The molecule has 0 spiro atoms. The maximum Gasteiger partial charge on any atom is 0.122 e. The van der Waals surface area contributed by atoms with Crippen molar-refractivity contribution in [3.05, 3.63) is 28.3 Å². The first kappa shape index (κ1) is 17.6. The van der Waals surface area contributed by atoms with Gasteiger partial charge in [-0.1, -0.05) is 11.6 Å². The van der Waals surface area contributed by atoms with Crippen molar-refractivity contribution in [2.45, 2.75) is 33.1 Å². The molecule has 1 aromatic carbocycles. The van der Waals surface area contributed by atoms with Crippen LogP contribution in [0.5, 0.6) is 5.75 Å². The van der Waals surface area contributed by atoms with Gasteiger partial charge in [-0.15, -0.1) is 0 Å². The Kier molecular flexibility index (Phi) is 7.00. The molecular weight excluding hydrogens is 296 g/mol. The molecule has 124 valence electrons. The lowest BCUT2D eigenvalue weighted by Gasteiger charge is -2.32. The predicted octanol–water partition coefficient (Wildman–Crippen LogP) is 3.75. The number of piperazine rings is 1. The Bertz CT molecular complexity index is 470. The average Bonchev–Trinajstić information content (AvgIpc) is 2.52. The second-order valence-electron chi connectivity index (χ2n) is 6.35. The molecule has 4 heteroatoms. The monoisotopic (exact) mass is 324 g/mol. The summed E-state index contributed by atoms with van der Waals surface area (Å²) in [5, 5.41) is 0.817. The molecule has 1 heterocycles. The van der Waals surface area contributed by atoms with Crippen molar-refractivity contribution in [3.63, 3.8) is 0 Å². The first-order valence-corrected chi connectivity index (χ1v) is 8.75. The summed E-state index contributed by atoms with van der Waals surface area (Å²) in [6.45, 7) is 11.0. The van der Waals surface area contributed by atoms with E-state index in [0.717, 1.165) is 34.9 Å². The molecule has 0 unspecified atom stereocenters. The summed E-state index contributed by atoms with van der Waals surface area (Å²) in [5.41, 5.74) is 2.28. The second-order valence-corrected chi connectivity index (χ2v) is 6.76. The average molecular weight is 325 g/mol. The van der Waals surface area contributed by atoms with Gasteiger partial charge in [-0.25, -0.2) is 0 Å². The molecule has 2 rings (SSSR count). The third kappa shape index (κ3) is 5.15. The van der Waals surface area contributed by atoms with E-state index in [2.05, 4.69) is 23.8 Å². The Balaban J connectivity index is 1.59. The van der Waals surface area contributed by atoms with Crippen LogP contribution < -0.4 is 4.74 Å². The number of halogens is 1. The molecule has 0 aromatic heterocycles. The molecule has 3 nitrogen and oxygen atoms in total. The van der Waals surface area contributed by atoms with Gasteiger partial charge in [0, 0.05) is 31.2 Å². The van der Waals surface area contributed by atoms with Gasteiger partial charge in [0.2, 0.25) is 0 Å². The molecule has 0 N–H and O–H groups in total.